The first kappa shape index (κ1) is 47.0. The fraction of sp³-hybridized carbons (Fsp3) is 0.571. The predicted molar refractivity (Wildman–Crippen MR) is 242 cm³/mol. The number of methoxy groups -OCH3 is 2. The molecule has 3 aromatic carbocycles. The smallest absolute Gasteiger partial charge is 0.311 e. The van der Waals surface area contributed by atoms with Crippen LogP contribution >= 0.6 is 0 Å². The molecule has 7 atom stereocenters. The molecule has 2 aliphatic heterocycles. The van der Waals surface area contributed by atoms with Gasteiger partial charge in [0.1, 0.15) is 11.9 Å². The molecule has 0 amide bonds. The van der Waals surface area contributed by atoms with Crippen LogP contribution in [0.5, 0.6) is 5.75 Å². The topological polar surface area (TPSA) is 81.7 Å². The molecule has 3 aromatic rings. The maximum absolute atomic E-state index is 14.2. The molecule has 1 fully saturated rings. The Morgan fingerprint density at radius 1 is 0.797 bits per heavy atom. The zero-order chi connectivity index (χ0) is 43.1. The van der Waals surface area contributed by atoms with Crippen molar-refractivity contribution in [2.24, 2.45) is 11.8 Å². The van der Waals surface area contributed by atoms with Crippen molar-refractivity contribution in [3.05, 3.63) is 103 Å². The third-order valence-corrected chi connectivity index (χ3v) is 22.6. The van der Waals surface area contributed by atoms with E-state index in [0.717, 1.165) is 11.3 Å². The van der Waals surface area contributed by atoms with E-state index < -0.39 is 28.5 Å². The Labute approximate surface area is 357 Å². The maximum atomic E-state index is 14.2. The summed E-state index contributed by atoms with van der Waals surface area (Å²) in [7, 11) is -1.68. The van der Waals surface area contributed by atoms with Gasteiger partial charge in [0.05, 0.1) is 38.4 Å². The van der Waals surface area contributed by atoms with Crippen LogP contribution in [0.3, 0.4) is 0 Å². The molecule has 5 rings (SSSR count). The zero-order valence-corrected chi connectivity index (χ0v) is 39.9. The number of hydrogen-bond acceptors (Lipinski definition) is 8. The van der Waals surface area contributed by atoms with E-state index in [1.54, 1.807) is 14.2 Å². The van der Waals surface area contributed by atoms with Gasteiger partial charge in [-0.3, -0.25) is 4.79 Å². The Kier molecular flexibility index (Phi) is 15.7. The highest BCUT2D eigenvalue weighted by molar-refractivity contribution is 6.99. The van der Waals surface area contributed by atoms with Crippen LogP contribution in [-0.4, -0.2) is 73.6 Å². The lowest BCUT2D eigenvalue weighted by Gasteiger charge is -2.46. The van der Waals surface area contributed by atoms with Gasteiger partial charge in [0, 0.05) is 32.5 Å². The van der Waals surface area contributed by atoms with Crippen molar-refractivity contribution < 1.29 is 37.3 Å². The molecule has 0 unspecified atom stereocenters. The van der Waals surface area contributed by atoms with Gasteiger partial charge in [-0.25, -0.2) is 0 Å². The molecule has 2 heterocycles. The number of hydrogen-bond donors (Lipinski definition) is 0. The Hall–Kier alpha value is -3.10. The van der Waals surface area contributed by atoms with Crippen molar-refractivity contribution >= 4 is 33.0 Å². The molecule has 324 valence electrons. The van der Waals surface area contributed by atoms with Crippen LogP contribution in [0.4, 0.5) is 0 Å². The van der Waals surface area contributed by atoms with Gasteiger partial charge in [0.15, 0.2) is 14.1 Å². The minimum absolute atomic E-state index is 0.00184. The molecule has 8 nitrogen and oxygen atoms in total. The van der Waals surface area contributed by atoms with Crippen LogP contribution in [-0.2, 0) is 39.2 Å². The molecule has 0 radical (unpaired) electrons. The molecular weight excluding hydrogens is 773 g/mol. The Balaban J connectivity index is 1.42. The van der Waals surface area contributed by atoms with E-state index in [2.05, 4.69) is 141 Å². The highest BCUT2D eigenvalue weighted by Gasteiger charge is 2.51. The number of esters is 1. The lowest BCUT2D eigenvalue weighted by molar-refractivity contribution is -0.297. The van der Waals surface area contributed by atoms with Gasteiger partial charge in [0.25, 0.3) is 8.32 Å². The second-order valence-corrected chi connectivity index (χ2v) is 28.4. The lowest BCUT2D eigenvalue weighted by atomic mass is 9.85. The van der Waals surface area contributed by atoms with E-state index in [0.29, 0.717) is 38.9 Å². The average Bonchev–Trinajstić information content (AvgIpc) is 3.19. The summed E-state index contributed by atoms with van der Waals surface area (Å²) < 4.78 is 45.9. The summed E-state index contributed by atoms with van der Waals surface area (Å²) in [5.74, 6) is -0.741. The summed E-state index contributed by atoms with van der Waals surface area (Å²) in [6.45, 7) is 23.6. The van der Waals surface area contributed by atoms with Gasteiger partial charge < -0.3 is 32.5 Å². The summed E-state index contributed by atoms with van der Waals surface area (Å²) in [4.78, 5) is 14.2. The standard InChI is InChI=1S/C49H72O8Si2/c1-36-25-30-43-37(2)45(53-35-38-26-28-39(51-9)29-27-38)33-49(52-10,56-43)34-46(50)55-40(32-44(36)57-58(11,12)47(3,4)5)20-19-31-54-59(48(6,7)8,41-21-15-13-16-22-41)42-23-17-14-18-24-42/h13-18,21-30,36-37,40,43-45H,19-20,31-35H2,1-12H3/t36-,37+,40-,43+,44-,45+,49+/m1/s1. The molecule has 0 spiro atoms. The summed E-state index contributed by atoms with van der Waals surface area (Å²) >= 11 is 0. The largest absolute Gasteiger partial charge is 0.497 e. The van der Waals surface area contributed by atoms with E-state index in [-0.39, 0.29) is 52.6 Å². The van der Waals surface area contributed by atoms with Crippen LogP contribution in [0.15, 0.2) is 97.1 Å². The predicted octanol–water partition coefficient (Wildman–Crippen LogP) is 9.99. The molecular formula is C49H72O8Si2. The molecule has 0 aromatic heterocycles. The summed E-state index contributed by atoms with van der Waals surface area (Å²) in [5, 5.41) is 2.36. The second kappa shape index (κ2) is 19.7. The number of benzene rings is 3. The van der Waals surface area contributed by atoms with Crippen LogP contribution in [0.2, 0.25) is 23.2 Å². The zero-order valence-electron chi connectivity index (χ0n) is 37.9. The highest BCUT2D eigenvalue weighted by Crippen LogP contribution is 2.42. The van der Waals surface area contributed by atoms with Gasteiger partial charge in [-0.15, -0.1) is 0 Å². The van der Waals surface area contributed by atoms with E-state index in [4.69, 9.17) is 32.5 Å². The fourth-order valence-corrected chi connectivity index (χ4v) is 14.4. The molecule has 59 heavy (non-hydrogen) atoms. The first-order valence-electron chi connectivity index (χ1n) is 21.6. The SMILES string of the molecule is COc1ccc(CO[C@H]2C[C@@]3(OC)CC(=O)O[C@H](CCCO[Si](c4ccccc4)(c4ccccc4)C(C)(C)C)C[C@@H](O[Si](C)(C)C(C)(C)C)[C@H](C)C=C[C@H](O3)[C@@H]2C)cc1. The van der Waals surface area contributed by atoms with E-state index in [9.17, 15) is 4.79 Å². The highest BCUT2D eigenvalue weighted by atomic mass is 28.4. The van der Waals surface area contributed by atoms with E-state index in [1.165, 1.54) is 10.4 Å². The van der Waals surface area contributed by atoms with Crippen LogP contribution in [0.1, 0.15) is 93.1 Å². The third-order valence-electron chi connectivity index (χ3n) is 13.0. The molecule has 0 saturated carbocycles. The van der Waals surface area contributed by atoms with Crippen LogP contribution in [0, 0.1) is 11.8 Å². The van der Waals surface area contributed by atoms with Crippen molar-refractivity contribution in [2.45, 2.75) is 147 Å². The molecule has 10 heteroatoms. The van der Waals surface area contributed by atoms with Crippen LogP contribution in [0.25, 0.3) is 0 Å². The summed E-state index contributed by atoms with van der Waals surface area (Å²) in [6, 6.07) is 29.3. The fourth-order valence-electron chi connectivity index (χ4n) is 8.34. The molecule has 2 bridgehead atoms. The quantitative estimate of drug-likeness (QED) is 0.0687. The number of ether oxygens (including phenoxy) is 5. The first-order valence-corrected chi connectivity index (χ1v) is 26.4. The lowest BCUT2D eigenvalue weighted by Crippen LogP contribution is -2.66. The second-order valence-electron chi connectivity index (χ2n) is 19.3. The molecule has 2 aliphatic rings. The molecule has 1 saturated heterocycles. The Morgan fingerprint density at radius 2 is 1.41 bits per heavy atom. The van der Waals surface area contributed by atoms with E-state index >= 15 is 0 Å². The first-order chi connectivity index (χ1) is 27.8. The van der Waals surface area contributed by atoms with Gasteiger partial charge in [-0.05, 0) is 70.0 Å². The maximum Gasteiger partial charge on any atom is 0.311 e. The summed E-state index contributed by atoms with van der Waals surface area (Å²) in [5.41, 5.74) is 1.04. The monoisotopic (exact) mass is 844 g/mol. The van der Waals surface area contributed by atoms with Crippen molar-refractivity contribution in [1.29, 1.82) is 0 Å². The van der Waals surface area contributed by atoms with Gasteiger partial charge in [0.2, 0.25) is 0 Å². The van der Waals surface area contributed by atoms with Gasteiger partial charge in [-0.2, -0.15) is 0 Å². The normalized spacial score (nSPS) is 26.1. The molecule has 0 aliphatic carbocycles. The van der Waals surface area contributed by atoms with Gasteiger partial charge >= 0.3 is 5.97 Å². The summed E-state index contributed by atoms with van der Waals surface area (Å²) in [6.07, 6.45) is 5.49. The molecule has 0 N–H and O–H groups in total. The van der Waals surface area contributed by atoms with Crippen molar-refractivity contribution in [1.82, 2.24) is 0 Å². The number of carbonyl (C=O) groups is 1. The average molecular weight is 845 g/mol. The van der Waals surface area contributed by atoms with Crippen LogP contribution < -0.4 is 15.1 Å². The minimum atomic E-state index is -2.73. The Morgan fingerprint density at radius 3 is 1.95 bits per heavy atom. The van der Waals surface area contributed by atoms with E-state index in [1.807, 2.05) is 24.3 Å². The van der Waals surface area contributed by atoms with Gasteiger partial charge in [-0.1, -0.05) is 140 Å². The number of cyclic esters (lactones) is 1. The van der Waals surface area contributed by atoms with Crippen molar-refractivity contribution in [3.8, 4) is 5.75 Å². The minimum Gasteiger partial charge on any atom is -0.497 e. The van der Waals surface area contributed by atoms with Crippen molar-refractivity contribution in [3.63, 3.8) is 0 Å². The number of fused-ring (bicyclic) bond motifs is 2. The Bertz CT molecular complexity index is 1750. The number of rotatable bonds is 14. The number of carbonyl (C=O) groups excluding carboxylic acids is 1. The van der Waals surface area contributed by atoms with Crippen molar-refractivity contribution in [2.75, 3.05) is 20.8 Å². The third kappa shape index (κ3) is 11.4.